The number of methoxy groups -OCH3 is 2. The predicted molar refractivity (Wildman–Crippen MR) is 125 cm³/mol. The Hall–Kier alpha value is -4.17. The molecule has 0 saturated heterocycles. The number of hydrazone groups is 1. The molecule has 0 aliphatic heterocycles. The van der Waals surface area contributed by atoms with E-state index in [1.165, 1.54) is 20.4 Å². The van der Waals surface area contributed by atoms with Crippen LogP contribution in [0.25, 0.3) is 0 Å². The number of nitrogens with zero attached hydrogens (tertiary/aromatic N) is 1. The second kappa shape index (κ2) is 12.0. The van der Waals surface area contributed by atoms with Gasteiger partial charge in [-0.1, -0.05) is 42.5 Å². The molecule has 2 amide bonds. The molecule has 0 spiro atoms. The van der Waals surface area contributed by atoms with Gasteiger partial charge in [0.25, 0.3) is 11.8 Å². The summed E-state index contributed by atoms with van der Waals surface area (Å²) >= 11 is 0. The number of para-hydroxylation sites is 2. The fourth-order valence-corrected chi connectivity index (χ4v) is 2.98. The van der Waals surface area contributed by atoms with Crippen LogP contribution >= 0.6 is 0 Å². The zero-order chi connectivity index (χ0) is 23.5. The molecule has 0 bridgehead atoms. The van der Waals surface area contributed by atoms with Crippen LogP contribution in [0.3, 0.4) is 0 Å². The maximum Gasteiger partial charge on any atom is 0.273 e. The summed E-state index contributed by atoms with van der Waals surface area (Å²) in [4.78, 5) is 24.5. The third-order valence-electron chi connectivity index (χ3n) is 4.60. The molecule has 0 heterocycles. The Morgan fingerprint density at radius 2 is 1.64 bits per heavy atom. The number of benzene rings is 3. The molecule has 8 heteroatoms. The number of carbonyl (C=O) groups excluding carboxylic acids is 2. The molecule has 0 saturated carbocycles. The van der Waals surface area contributed by atoms with Crippen LogP contribution in [0, 0.1) is 0 Å². The van der Waals surface area contributed by atoms with E-state index in [-0.39, 0.29) is 18.4 Å². The standard InChI is InChI=1S/C25H25N3O5/c1-31-22-11-7-6-10-21(22)27-23(29)17-33-20-14-12-18(13-15-20)16-26-28-25(30)24(32-2)19-8-4-3-5-9-19/h3-16,24H,17H2,1-2H3,(H,27,29)(H,28,30)/b26-16-/t24-/m1/s1. The summed E-state index contributed by atoms with van der Waals surface area (Å²) in [6.45, 7) is -0.153. The first kappa shape index (κ1) is 23.5. The number of amides is 2. The molecule has 0 fully saturated rings. The Kier molecular flexibility index (Phi) is 8.55. The fraction of sp³-hybridized carbons (Fsp3) is 0.160. The normalized spacial score (nSPS) is 11.6. The van der Waals surface area contributed by atoms with Gasteiger partial charge in [-0.25, -0.2) is 5.43 Å². The summed E-state index contributed by atoms with van der Waals surface area (Å²) < 4.78 is 16.0. The number of hydrogen-bond donors (Lipinski definition) is 2. The summed E-state index contributed by atoms with van der Waals surface area (Å²) in [5.41, 5.74) is 4.54. The highest BCUT2D eigenvalue weighted by molar-refractivity contribution is 5.93. The third kappa shape index (κ3) is 6.91. The average Bonchev–Trinajstić information content (AvgIpc) is 2.85. The number of anilines is 1. The van der Waals surface area contributed by atoms with Crippen molar-refractivity contribution in [2.24, 2.45) is 5.10 Å². The summed E-state index contributed by atoms with van der Waals surface area (Å²) in [6, 6.07) is 23.2. The average molecular weight is 447 g/mol. The lowest BCUT2D eigenvalue weighted by Gasteiger charge is -2.13. The highest BCUT2D eigenvalue weighted by atomic mass is 16.5. The van der Waals surface area contributed by atoms with Crippen molar-refractivity contribution >= 4 is 23.7 Å². The van der Waals surface area contributed by atoms with E-state index in [1.54, 1.807) is 42.5 Å². The Morgan fingerprint density at radius 1 is 0.939 bits per heavy atom. The van der Waals surface area contributed by atoms with Gasteiger partial charge in [0.15, 0.2) is 12.7 Å². The number of carbonyl (C=O) groups is 2. The molecule has 3 aromatic rings. The Labute approximate surface area is 192 Å². The minimum absolute atomic E-state index is 0.153. The third-order valence-corrected chi connectivity index (χ3v) is 4.60. The quantitative estimate of drug-likeness (QED) is 0.366. The molecule has 0 aromatic heterocycles. The lowest BCUT2D eigenvalue weighted by molar-refractivity contribution is -0.131. The van der Waals surface area contributed by atoms with E-state index < -0.39 is 6.10 Å². The Bertz CT molecular complexity index is 1080. The molecule has 170 valence electrons. The van der Waals surface area contributed by atoms with Crippen LogP contribution in [0.1, 0.15) is 17.2 Å². The van der Waals surface area contributed by atoms with E-state index in [2.05, 4.69) is 15.8 Å². The molecular weight excluding hydrogens is 422 g/mol. The molecule has 33 heavy (non-hydrogen) atoms. The van der Waals surface area contributed by atoms with Crippen LogP contribution in [-0.4, -0.2) is 38.9 Å². The summed E-state index contributed by atoms with van der Waals surface area (Å²) in [5.74, 6) is 0.414. The Morgan fingerprint density at radius 3 is 2.33 bits per heavy atom. The van der Waals surface area contributed by atoms with Crippen molar-refractivity contribution in [3.8, 4) is 11.5 Å². The maximum absolute atomic E-state index is 12.3. The molecule has 0 aliphatic rings. The molecule has 3 aromatic carbocycles. The fourth-order valence-electron chi connectivity index (χ4n) is 2.98. The van der Waals surface area contributed by atoms with E-state index >= 15 is 0 Å². The highest BCUT2D eigenvalue weighted by Gasteiger charge is 2.19. The van der Waals surface area contributed by atoms with Gasteiger partial charge in [-0.15, -0.1) is 0 Å². The molecule has 8 nitrogen and oxygen atoms in total. The van der Waals surface area contributed by atoms with Gasteiger partial charge < -0.3 is 19.5 Å². The SMILES string of the molecule is COc1ccccc1NC(=O)COc1ccc(/C=N\NC(=O)[C@H](OC)c2ccccc2)cc1. The van der Waals surface area contributed by atoms with E-state index in [0.717, 1.165) is 11.1 Å². The number of ether oxygens (including phenoxy) is 3. The Balaban J connectivity index is 1.48. The largest absolute Gasteiger partial charge is 0.495 e. The van der Waals surface area contributed by atoms with E-state index in [9.17, 15) is 9.59 Å². The molecule has 0 radical (unpaired) electrons. The lowest BCUT2D eigenvalue weighted by Crippen LogP contribution is -2.26. The van der Waals surface area contributed by atoms with Crippen molar-refractivity contribution < 1.29 is 23.8 Å². The van der Waals surface area contributed by atoms with Gasteiger partial charge in [0.1, 0.15) is 11.5 Å². The van der Waals surface area contributed by atoms with E-state index in [4.69, 9.17) is 14.2 Å². The predicted octanol–water partition coefficient (Wildman–Crippen LogP) is 3.55. The summed E-state index contributed by atoms with van der Waals surface area (Å²) in [7, 11) is 3.01. The van der Waals surface area contributed by atoms with Gasteiger partial charge in [0, 0.05) is 7.11 Å². The zero-order valence-electron chi connectivity index (χ0n) is 18.4. The molecule has 0 aliphatic carbocycles. The van der Waals surface area contributed by atoms with Gasteiger partial charge in [-0.05, 0) is 47.5 Å². The van der Waals surface area contributed by atoms with Crippen LogP contribution in [0.5, 0.6) is 11.5 Å². The van der Waals surface area contributed by atoms with Crippen LogP contribution in [0.15, 0.2) is 84.0 Å². The maximum atomic E-state index is 12.3. The molecule has 0 unspecified atom stereocenters. The number of nitrogens with one attached hydrogen (secondary N) is 2. The first-order valence-corrected chi connectivity index (χ1v) is 10.2. The molecule has 3 rings (SSSR count). The topological polar surface area (TPSA) is 98.3 Å². The minimum Gasteiger partial charge on any atom is -0.495 e. The summed E-state index contributed by atoms with van der Waals surface area (Å²) in [6.07, 6.45) is 0.759. The first-order valence-electron chi connectivity index (χ1n) is 10.2. The van der Waals surface area contributed by atoms with Crippen molar-refractivity contribution in [1.82, 2.24) is 5.43 Å². The first-order chi connectivity index (χ1) is 16.1. The highest BCUT2D eigenvalue weighted by Crippen LogP contribution is 2.23. The van der Waals surface area contributed by atoms with Crippen LogP contribution in [0.2, 0.25) is 0 Å². The van der Waals surface area contributed by atoms with Crippen molar-refractivity contribution in [2.45, 2.75) is 6.10 Å². The van der Waals surface area contributed by atoms with E-state index in [1.807, 2.05) is 36.4 Å². The van der Waals surface area contributed by atoms with Gasteiger partial charge in [-0.2, -0.15) is 5.10 Å². The zero-order valence-corrected chi connectivity index (χ0v) is 18.4. The van der Waals surface area contributed by atoms with Crippen molar-refractivity contribution in [3.05, 3.63) is 90.0 Å². The smallest absolute Gasteiger partial charge is 0.273 e. The van der Waals surface area contributed by atoms with Crippen molar-refractivity contribution in [1.29, 1.82) is 0 Å². The van der Waals surface area contributed by atoms with Gasteiger partial charge in [-0.3, -0.25) is 9.59 Å². The van der Waals surface area contributed by atoms with Crippen LogP contribution in [0.4, 0.5) is 5.69 Å². The van der Waals surface area contributed by atoms with Crippen LogP contribution < -0.4 is 20.2 Å². The summed E-state index contributed by atoms with van der Waals surface area (Å²) in [5, 5.41) is 6.73. The van der Waals surface area contributed by atoms with Gasteiger partial charge in [0.05, 0.1) is 19.0 Å². The molecular formula is C25H25N3O5. The second-order valence-electron chi connectivity index (χ2n) is 6.87. The number of hydrogen-bond acceptors (Lipinski definition) is 6. The van der Waals surface area contributed by atoms with Gasteiger partial charge >= 0.3 is 0 Å². The van der Waals surface area contributed by atoms with Crippen LogP contribution in [-0.2, 0) is 14.3 Å². The van der Waals surface area contributed by atoms with Crippen molar-refractivity contribution in [2.75, 3.05) is 26.1 Å². The second-order valence-corrected chi connectivity index (χ2v) is 6.87. The molecule has 2 N–H and O–H groups in total. The number of rotatable bonds is 10. The monoisotopic (exact) mass is 447 g/mol. The van der Waals surface area contributed by atoms with E-state index in [0.29, 0.717) is 17.2 Å². The minimum atomic E-state index is -0.749. The van der Waals surface area contributed by atoms with Gasteiger partial charge in [0.2, 0.25) is 0 Å². The van der Waals surface area contributed by atoms with Crippen molar-refractivity contribution in [3.63, 3.8) is 0 Å². The lowest BCUT2D eigenvalue weighted by atomic mass is 10.1. The molecule has 1 atom stereocenters.